The molecule has 2 aromatic rings. The average molecular weight is 339 g/mol. The first kappa shape index (κ1) is 18.6. The molecular weight excluding hydrogens is 314 g/mol. The molecule has 132 valence electrons. The summed E-state index contributed by atoms with van der Waals surface area (Å²) in [6, 6.07) is 14.0. The maximum atomic E-state index is 11.9. The first-order valence-electron chi connectivity index (χ1n) is 8.36. The monoisotopic (exact) mass is 339 g/mol. The van der Waals surface area contributed by atoms with E-state index in [1.54, 1.807) is 20.3 Å². The van der Waals surface area contributed by atoms with Crippen LogP contribution in [0, 0.1) is 6.92 Å². The van der Waals surface area contributed by atoms with Gasteiger partial charge in [0.05, 0.1) is 14.2 Å². The molecule has 0 aliphatic rings. The second kappa shape index (κ2) is 9.52. The Kier molecular flexibility index (Phi) is 7.08. The van der Waals surface area contributed by atoms with Crippen LogP contribution in [-0.4, -0.2) is 26.7 Å². The van der Waals surface area contributed by atoms with Crippen molar-refractivity contribution in [2.45, 2.75) is 19.8 Å². The number of carbonyl (C=O) groups is 1. The number of methoxy groups -OCH3 is 2. The predicted molar refractivity (Wildman–Crippen MR) is 101 cm³/mol. The Hall–Kier alpha value is -2.75. The van der Waals surface area contributed by atoms with E-state index < -0.39 is 0 Å². The van der Waals surface area contributed by atoms with E-state index >= 15 is 0 Å². The molecule has 0 spiro atoms. The van der Waals surface area contributed by atoms with Gasteiger partial charge in [-0.15, -0.1) is 0 Å². The van der Waals surface area contributed by atoms with Crippen molar-refractivity contribution >= 4 is 12.0 Å². The summed E-state index contributed by atoms with van der Waals surface area (Å²) in [5.41, 5.74) is 3.45. The number of hydrogen-bond donors (Lipinski definition) is 1. The van der Waals surface area contributed by atoms with E-state index in [1.165, 1.54) is 17.2 Å². The Bertz CT molecular complexity index is 738. The van der Waals surface area contributed by atoms with Crippen LogP contribution >= 0.6 is 0 Å². The van der Waals surface area contributed by atoms with Crippen LogP contribution in [-0.2, 0) is 11.2 Å². The first-order valence-corrected chi connectivity index (χ1v) is 8.36. The van der Waals surface area contributed by atoms with Gasteiger partial charge in [0.15, 0.2) is 11.5 Å². The summed E-state index contributed by atoms with van der Waals surface area (Å²) in [6.07, 6.45) is 5.17. The lowest BCUT2D eigenvalue weighted by Crippen LogP contribution is -2.22. The van der Waals surface area contributed by atoms with E-state index in [0.717, 1.165) is 18.4 Å². The van der Waals surface area contributed by atoms with Crippen LogP contribution in [0.15, 0.2) is 48.5 Å². The van der Waals surface area contributed by atoms with Crippen LogP contribution in [0.5, 0.6) is 11.5 Å². The lowest BCUT2D eigenvalue weighted by Gasteiger charge is -2.07. The molecule has 0 radical (unpaired) electrons. The number of amides is 1. The quantitative estimate of drug-likeness (QED) is 0.588. The van der Waals surface area contributed by atoms with Gasteiger partial charge in [-0.3, -0.25) is 4.79 Å². The molecule has 0 atom stereocenters. The highest BCUT2D eigenvalue weighted by Gasteiger charge is 2.03. The van der Waals surface area contributed by atoms with Gasteiger partial charge in [-0.05, 0) is 49.1 Å². The fourth-order valence-corrected chi connectivity index (χ4v) is 2.56. The molecule has 2 aromatic carbocycles. The number of aryl methyl sites for hydroxylation is 2. The van der Waals surface area contributed by atoms with Gasteiger partial charge >= 0.3 is 0 Å². The number of carbonyl (C=O) groups excluding carboxylic acids is 1. The van der Waals surface area contributed by atoms with Crippen molar-refractivity contribution in [3.63, 3.8) is 0 Å². The zero-order valence-electron chi connectivity index (χ0n) is 15.0. The SMILES string of the molecule is COc1ccc(/C=C/C(=O)NCCCc2cccc(C)c2)cc1OC. The van der Waals surface area contributed by atoms with Crippen LogP contribution in [0.3, 0.4) is 0 Å². The van der Waals surface area contributed by atoms with Gasteiger partial charge < -0.3 is 14.8 Å². The maximum Gasteiger partial charge on any atom is 0.243 e. The average Bonchev–Trinajstić information content (AvgIpc) is 2.63. The molecule has 25 heavy (non-hydrogen) atoms. The van der Waals surface area contributed by atoms with Crippen molar-refractivity contribution in [1.82, 2.24) is 5.32 Å². The minimum Gasteiger partial charge on any atom is -0.493 e. The molecule has 0 aromatic heterocycles. The van der Waals surface area contributed by atoms with Gasteiger partial charge in [-0.25, -0.2) is 0 Å². The van der Waals surface area contributed by atoms with Crippen molar-refractivity contribution in [2.75, 3.05) is 20.8 Å². The standard InChI is InChI=1S/C21H25NO3/c1-16-6-4-7-17(14-16)8-5-13-22-21(23)12-10-18-9-11-19(24-2)20(15-18)25-3/h4,6-7,9-12,14-15H,5,8,13H2,1-3H3,(H,22,23)/b12-10+. The van der Waals surface area contributed by atoms with Crippen molar-refractivity contribution in [1.29, 1.82) is 0 Å². The fraction of sp³-hybridized carbons (Fsp3) is 0.286. The van der Waals surface area contributed by atoms with E-state index in [0.29, 0.717) is 18.0 Å². The van der Waals surface area contributed by atoms with Crippen LogP contribution < -0.4 is 14.8 Å². The minimum absolute atomic E-state index is 0.0981. The molecule has 0 bridgehead atoms. The Labute approximate surface area is 149 Å². The molecule has 0 saturated carbocycles. The first-order chi connectivity index (χ1) is 12.1. The molecule has 4 nitrogen and oxygen atoms in total. The largest absolute Gasteiger partial charge is 0.493 e. The van der Waals surface area contributed by atoms with E-state index in [4.69, 9.17) is 9.47 Å². The third-order valence-electron chi connectivity index (χ3n) is 3.86. The summed E-state index contributed by atoms with van der Waals surface area (Å²) in [5.74, 6) is 1.21. The number of nitrogens with one attached hydrogen (secondary N) is 1. The van der Waals surface area contributed by atoms with Crippen molar-refractivity contribution in [3.05, 3.63) is 65.2 Å². The van der Waals surface area contributed by atoms with E-state index in [-0.39, 0.29) is 5.91 Å². The third-order valence-corrected chi connectivity index (χ3v) is 3.86. The lowest BCUT2D eigenvalue weighted by molar-refractivity contribution is -0.116. The maximum absolute atomic E-state index is 11.9. The summed E-state index contributed by atoms with van der Waals surface area (Å²) in [7, 11) is 3.18. The molecule has 0 saturated heterocycles. The Morgan fingerprint density at radius 3 is 2.60 bits per heavy atom. The molecule has 1 N–H and O–H groups in total. The molecule has 1 amide bonds. The Balaban J connectivity index is 1.79. The van der Waals surface area contributed by atoms with Crippen LogP contribution in [0.4, 0.5) is 0 Å². The smallest absolute Gasteiger partial charge is 0.243 e. The Morgan fingerprint density at radius 2 is 1.88 bits per heavy atom. The second-order valence-corrected chi connectivity index (χ2v) is 5.83. The zero-order valence-corrected chi connectivity index (χ0v) is 15.0. The van der Waals surface area contributed by atoms with Crippen molar-refractivity contribution < 1.29 is 14.3 Å². The fourth-order valence-electron chi connectivity index (χ4n) is 2.56. The van der Waals surface area contributed by atoms with E-state index in [9.17, 15) is 4.79 Å². The highest BCUT2D eigenvalue weighted by molar-refractivity contribution is 5.91. The predicted octanol–water partition coefficient (Wildman–Crippen LogP) is 3.77. The number of ether oxygens (including phenoxy) is 2. The molecule has 2 rings (SSSR count). The Morgan fingerprint density at radius 1 is 1.08 bits per heavy atom. The summed E-state index contributed by atoms with van der Waals surface area (Å²) in [4.78, 5) is 11.9. The molecule has 4 heteroatoms. The van der Waals surface area contributed by atoms with Gasteiger partial charge in [-0.1, -0.05) is 35.9 Å². The van der Waals surface area contributed by atoms with Gasteiger partial charge in [-0.2, -0.15) is 0 Å². The topological polar surface area (TPSA) is 47.6 Å². The van der Waals surface area contributed by atoms with Gasteiger partial charge in [0, 0.05) is 12.6 Å². The van der Waals surface area contributed by atoms with Gasteiger partial charge in [0.2, 0.25) is 5.91 Å². The molecular formula is C21H25NO3. The summed E-state index contributed by atoms with van der Waals surface area (Å²) < 4.78 is 10.5. The number of rotatable bonds is 8. The van der Waals surface area contributed by atoms with Gasteiger partial charge in [0.1, 0.15) is 0 Å². The highest BCUT2D eigenvalue weighted by atomic mass is 16.5. The molecule has 0 heterocycles. The second-order valence-electron chi connectivity index (χ2n) is 5.83. The summed E-state index contributed by atoms with van der Waals surface area (Å²) >= 11 is 0. The summed E-state index contributed by atoms with van der Waals surface area (Å²) in [5, 5.41) is 2.91. The molecule has 0 aliphatic carbocycles. The van der Waals surface area contributed by atoms with E-state index in [1.807, 2.05) is 18.2 Å². The zero-order chi connectivity index (χ0) is 18.1. The minimum atomic E-state index is -0.0981. The third kappa shape index (κ3) is 5.99. The van der Waals surface area contributed by atoms with Gasteiger partial charge in [0.25, 0.3) is 0 Å². The lowest BCUT2D eigenvalue weighted by atomic mass is 10.1. The summed E-state index contributed by atoms with van der Waals surface area (Å²) in [6.45, 7) is 2.74. The van der Waals surface area contributed by atoms with Crippen molar-refractivity contribution in [2.24, 2.45) is 0 Å². The molecule has 0 unspecified atom stereocenters. The number of hydrogen-bond acceptors (Lipinski definition) is 3. The normalized spacial score (nSPS) is 10.7. The van der Waals surface area contributed by atoms with Crippen LogP contribution in [0.25, 0.3) is 6.08 Å². The van der Waals surface area contributed by atoms with Crippen LogP contribution in [0.1, 0.15) is 23.1 Å². The highest BCUT2D eigenvalue weighted by Crippen LogP contribution is 2.27. The molecule has 0 aliphatic heterocycles. The number of benzene rings is 2. The molecule has 0 fully saturated rings. The van der Waals surface area contributed by atoms with Crippen LogP contribution in [0.2, 0.25) is 0 Å². The van der Waals surface area contributed by atoms with E-state index in [2.05, 4.69) is 36.5 Å². The van der Waals surface area contributed by atoms with Crippen molar-refractivity contribution in [3.8, 4) is 11.5 Å².